The second-order valence-electron chi connectivity index (χ2n) is 5.19. The highest BCUT2D eigenvalue weighted by atomic mass is 35.5. The van der Waals surface area contributed by atoms with Crippen molar-refractivity contribution in [2.24, 2.45) is 0 Å². The van der Waals surface area contributed by atoms with Gasteiger partial charge >= 0.3 is 5.97 Å². The summed E-state index contributed by atoms with van der Waals surface area (Å²) in [5.74, 6) is -2.89. The largest absolute Gasteiger partial charge is 0.479 e. The van der Waals surface area contributed by atoms with Crippen LogP contribution in [-0.4, -0.2) is 36.9 Å². The minimum absolute atomic E-state index is 0.0764. The lowest BCUT2D eigenvalue weighted by Gasteiger charge is -2.15. The van der Waals surface area contributed by atoms with Crippen LogP contribution in [-0.2, 0) is 19.4 Å². The zero-order chi connectivity index (χ0) is 17.5. The number of carboxylic acids is 1. The van der Waals surface area contributed by atoms with Gasteiger partial charge in [-0.2, -0.15) is 0 Å². The molecule has 1 aromatic carbocycles. The Hall–Kier alpha value is -1.60. The molecule has 23 heavy (non-hydrogen) atoms. The van der Waals surface area contributed by atoms with Crippen LogP contribution in [0.5, 0.6) is 0 Å². The maximum absolute atomic E-state index is 11.9. The van der Waals surface area contributed by atoms with Crippen molar-refractivity contribution in [3.8, 4) is 0 Å². The molecule has 2 N–H and O–H groups in total. The molecule has 0 heterocycles. The van der Waals surface area contributed by atoms with Crippen molar-refractivity contribution < 1.29 is 23.1 Å². The van der Waals surface area contributed by atoms with E-state index >= 15 is 0 Å². The van der Waals surface area contributed by atoms with E-state index < -0.39 is 33.5 Å². The number of benzene rings is 1. The summed E-state index contributed by atoms with van der Waals surface area (Å²) in [6.07, 6.45) is 2.13. The molecule has 0 aliphatic carbocycles. The van der Waals surface area contributed by atoms with E-state index in [1.165, 1.54) is 24.3 Å². The summed E-state index contributed by atoms with van der Waals surface area (Å²) in [4.78, 5) is 23.2. The van der Waals surface area contributed by atoms with Crippen LogP contribution >= 0.6 is 11.6 Å². The van der Waals surface area contributed by atoms with E-state index in [9.17, 15) is 23.1 Å². The Morgan fingerprint density at radius 3 is 2.35 bits per heavy atom. The van der Waals surface area contributed by atoms with Gasteiger partial charge in [-0.3, -0.25) is 4.79 Å². The average molecular weight is 362 g/mol. The lowest BCUT2D eigenvalue weighted by atomic mass is 10.1. The van der Waals surface area contributed by atoms with Crippen LogP contribution in [0.15, 0.2) is 24.3 Å². The summed E-state index contributed by atoms with van der Waals surface area (Å²) in [6, 6.07) is 4.63. The van der Waals surface area contributed by atoms with E-state index in [0.717, 1.165) is 12.8 Å². The fourth-order valence-electron chi connectivity index (χ4n) is 1.99. The minimum Gasteiger partial charge on any atom is -0.479 e. The monoisotopic (exact) mass is 361 g/mol. The fraction of sp³-hybridized carbons (Fsp3) is 0.467. The SMILES string of the molecule is CCCCCS(=O)(=O)CC(=O)NC(C(=O)O)c1ccc(Cl)cc1. The summed E-state index contributed by atoms with van der Waals surface area (Å²) >= 11 is 5.74. The van der Waals surface area contributed by atoms with Gasteiger partial charge in [0.05, 0.1) is 5.75 Å². The van der Waals surface area contributed by atoms with E-state index in [-0.39, 0.29) is 5.75 Å². The first-order valence-electron chi connectivity index (χ1n) is 7.23. The van der Waals surface area contributed by atoms with Crippen LogP contribution in [0.4, 0.5) is 0 Å². The molecule has 6 nitrogen and oxygen atoms in total. The number of carbonyl (C=O) groups is 2. The maximum atomic E-state index is 11.9. The molecule has 8 heteroatoms. The predicted molar refractivity (Wildman–Crippen MR) is 88.2 cm³/mol. The first-order valence-corrected chi connectivity index (χ1v) is 9.43. The van der Waals surface area contributed by atoms with Crippen molar-refractivity contribution in [3.63, 3.8) is 0 Å². The smallest absolute Gasteiger partial charge is 0.330 e. The molecule has 0 aromatic heterocycles. The number of hydrogen-bond acceptors (Lipinski definition) is 4. The number of halogens is 1. The molecular formula is C15H20ClNO5S. The molecule has 0 spiro atoms. The van der Waals surface area contributed by atoms with E-state index in [0.29, 0.717) is 17.0 Å². The number of amides is 1. The standard InChI is InChI=1S/C15H20ClNO5S/c1-2-3-4-9-23(21,22)10-13(18)17-14(15(19)20)11-5-7-12(16)8-6-11/h5-8,14H,2-4,9-10H2,1H3,(H,17,18)(H,19,20). The van der Waals surface area contributed by atoms with Crippen LogP contribution in [0.25, 0.3) is 0 Å². The van der Waals surface area contributed by atoms with Gasteiger partial charge in [0.15, 0.2) is 15.9 Å². The number of carbonyl (C=O) groups excluding carboxylic acids is 1. The Bertz CT molecular complexity index is 642. The van der Waals surface area contributed by atoms with Gasteiger partial charge in [0.25, 0.3) is 0 Å². The highest BCUT2D eigenvalue weighted by Crippen LogP contribution is 2.17. The van der Waals surface area contributed by atoms with Crippen molar-refractivity contribution in [2.45, 2.75) is 32.2 Å². The molecule has 0 radical (unpaired) electrons. The lowest BCUT2D eigenvalue weighted by molar-refractivity contribution is -0.141. The lowest BCUT2D eigenvalue weighted by Crippen LogP contribution is -2.37. The molecule has 0 saturated heterocycles. The normalized spacial score (nSPS) is 12.6. The molecule has 0 fully saturated rings. The second kappa shape index (κ2) is 8.88. The van der Waals surface area contributed by atoms with Crippen LogP contribution in [0.3, 0.4) is 0 Å². The van der Waals surface area contributed by atoms with E-state index in [1.807, 2.05) is 6.92 Å². The van der Waals surface area contributed by atoms with Gasteiger partial charge < -0.3 is 10.4 Å². The number of sulfone groups is 1. The summed E-state index contributed by atoms with van der Waals surface area (Å²) in [5.41, 5.74) is 0.318. The van der Waals surface area contributed by atoms with Gasteiger partial charge in [-0.05, 0) is 24.1 Å². The van der Waals surface area contributed by atoms with Crippen LogP contribution in [0.2, 0.25) is 5.02 Å². The number of nitrogens with one attached hydrogen (secondary N) is 1. The molecule has 1 unspecified atom stereocenters. The Morgan fingerprint density at radius 2 is 1.83 bits per heavy atom. The Labute approximate surface area is 140 Å². The third kappa shape index (κ3) is 7.00. The first kappa shape index (κ1) is 19.4. The fourth-order valence-corrected chi connectivity index (χ4v) is 3.39. The topological polar surface area (TPSA) is 101 Å². The third-order valence-electron chi connectivity index (χ3n) is 3.17. The maximum Gasteiger partial charge on any atom is 0.330 e. The number of rotatable bonds is 9. The van der Waals surface area contributed by atoms with E-state index in [1.54, 1.807) is 0 Å². The van der Waals surface area contributed by atoms with Gasteiger partial charge in [-0.15, -0.1) is 0 Å². The molecular weight excluding hydrogens is 342 g/mol. The third-order valence-corrected chi connectivity index (χ3v) is 5.03. The molecule has 0 saturated carbocycles. The van der Waals surface area contributed by atoms with E-state index in [2.05, 4.69) is 5.32 Å². The van der Waals surface area contributed by atoms with Crippen LogP contribution < -0.4 is 5.32 Å². The van der Waals surface area contributed by atoms with Crippen molar-refractivity contribution in [2.75, 3.05) is 11.5 Å². The quantitative estimate of drug-likeness (QED) is 0.656. The number of aliphatic carboxylic acids is 1. The van der Waals surface area contributed by atoms with Gasteiger partial charge in [0.1, 0.15) is 5.75 Å². The van der Waals surface area contributed by atoms with Gasteiger partial charge in [-0.25, -0.2) is 13.2 Å². The molecule has 0 aliphatic heterocycles. The highest BCUT2D eigenvalue weighted by molar-refractivity contribution is 7.92. The van der Waals surface area contributed by atoms with Crippen LogP contribution in [0.1, 0.15) is 37.8 Å². The zero-order valence-electron chi connectivity index (χ0n) is 12.8. The molecule has 1 atom stereocenters. The van der Waals surface area contributed by atoms with Gasteiger partial charge in [0, 0.05) is 5.02 Å². The van der Waals surface area contributed by atoms with Crippen molar-refractivity contribution in [1.82, 2.24) is 5.32 Å². The summed E-state index contributed by atoms with van der Waals surface area (Å²) in [7, 11) is -3.54. The number of carboxylic acid groups (broad SMARTS) is 1. The molecule has 1 aromatic rings. The Balaban J connectivity index is 2.72. The highest BCUT2D eigenvalue weighted by Gasteiger charge is 2.24. The Kier molecular flexibility index (Phi) is 7.51. The molecule has 1 rings (SSSR count). The minimum atomic E-state index is -3.54. The van der Waals surface area contributed by atoms with E-state index in [4.69, 9.17) is 11.6 Å². The van der Waals surface area contributed by atoms with Gasteiger partial charge in [-0.1, -0.05) is 43.5 Å². The predicted octanol–water partition coefficient (Wildman–Crippen LogP) is 2.19. The molecule has 128 valence electrons. The molecule has 1 amide bonds. The number of unbranched alkanes of at least 4 members (excludes halogenated alkanes) is 2. The Morgan fingerprint density at radius 1 is 1.22 bits per heavy atom. The summed E-state index contributed by atoms with van der Waals surface area (Å²) in [6.45, 7) is 1.95. The molecule has 0 aliphatic rings. The van der Waals surface area contributed by atoms with Crippen molar-refractivity contribution in [1.29, 1.82) is 0 Å². The number of hydrogen-bond donors (Lipinski definition) is 2. The second-order valence-corrected chi connectivity index (χ2v) is 7.81. The zero-order valence-corrected chi connectivity index (χ0v) is 14.4. The molecule has 0 bridgehead atoms. The van der Waals surface area contributed by atoms with Crippen LogP contribution in [0, 0.1) is 0 Å². The summed E-state index contributed by atoms with van der Waals surface area (Å²) in [5, 5.41) is 11.9. The van der Waals surface area contributed by atoms with Crippen molar-refractivity contribution >= 4 is 33.3 Å². The van der Waals surface area contributed by atoms with Crippen molar-refractivity contribution in [3.05, 3.63) is 34.9 Å². The average Bonchev–Trinajstić information content (AvgIpc) is 2.45. The van der Waals surface area contributed by atoms with Gasteiger partial charge in [0.2, 0.25) is 5.91 Å². The summed E-state index contributed by atoms with van der Waals surface area (Å²) < 4.78 is 23.6. The first-order chi connectivity index (χ1) is 10.7.